The molecule has 0 heterocycles. The maximum Gasteiger partial charge on any atom is 0.240 e. The molecule has 0 aliphatic heterocycles. The van der Waals surface area contributed by atoms with Gasteiger partial charge in [0.25, 0.3) is 0 Å². The molecule has 0 radical (unpaired) electrons. The maximum atomic E-state index is 12.4. The maximum absolute atomic E-state index is 12.4. The summed E-state index contributed by atoms with van der Waals surface area (Å²) >= 11 is 0. The number of nitrogens with zero attached hydrogens (tertiary/aromatic N) is 2. The molecule has 1 aliphatic carbocycles. The van der Waals surface area contributed by atoms with E-state index in [9.17, 15) is 19.2 Å². The fraction of sp³-hybridized carbons (Fsp3) is 0. The second-order valence-electron chi connectivity index (χ2n) is 4.51. The SMILES string of the molecule is O=C=NC1=C(N=C=O)C(=O)c2cc3ccccc3cc2C1=O. The normalized spacial score (nSPS) is 13.5. The minimum absolute atomic E-state index is 0.113. The third-order valence-electron chi connectivity index (χ3n) is 3.34. The first-order chi connectivity index (χ1) is 10.7. The lowest BCUT2D eigenvalue weighted by atomic mass is 9.88. The third-order valence-corrected chi connectivity index (χ3v) is 3.34. The Morgan fingerprint density at radius 2 is 1.14 bits per heavy atom. The summed E-state index contributed by atoms with van der Waals surface area (Å²) in [5, 5.41) is 1.53. The zero-order valence-electron chi connectivity index (χ0n) is 11.0. The highest BCUT2D eigenvalue weighted by atomic mass is 16.1. The second kappa shape index (κ2) is 5.14. The average Bonchev–Trinajstić information content (AvgIpc) is 2.54. The first-order valence-electron chi connectivity index (χ1n) is 6.19. The zero-order chi connectivity index (χ0) is 15.7. The van der Waals surface area contributed by atoms with Crippen molar-refractivity contribution in [2.45, 2.75) is 0 Å². The lowest BCUT2D eigenvalue weighted by molar-refractivity contribution is 0.0973. The lowest BCUT2D eigenvalue weighted by Crippen LogP contribution is -2.20. The van der Waals surface area contributed by atoms with Crippen LogP contribution in [0.2, 0.25) is 0 Å². The van der Waals surface area contributed by atoms with Crippen LogP contribution in [0.5, 0.6) is 0 Å². The van der Waals surface area contributed by atoms with Gasteiger partial charge in [0.15, 0.2) is 11.4 Å². The van der Waals surface area contributed by atoms with Crippen molar-refractivity contribution in [3.05, 3.63) is 58.9 Å². The third kappa shape index (κ3) is 1.93. The van der Waals surface area contributed by atoms with Gasteiger partial charge in [-0.3, -0.25) is 9.59 Å². The number of ketones is 2. The summed E-state index contributed by atoms with van der Waals surface area (Å²) in [5.41, 5.74) is -0.762. The van der Waals surface area contributed by atoms with Crippen molar-refractivity contribution in [1.82, 2.24) is 0 Å². The Bertz CT molecular complexity index is 896. The number of hydrogen-bond donors (Lipinski definition) is 0. The van der Waals surface area contributed by atoms with Gasteiger partial charge in [0, 0.05) is 11.1 Å². The molecule has 22 heavy (non-hydrogen) atoms. The van der Waals surface area contributed by atoms with E-state index in [1.165, 1.54) is 12.2 Å². The minimum Gasteiger partial charge on any atom is -0.287 e. The molecule has 104 valence electrons. The Morgan fingerprint density at radius 3 is 1.50 bits per heavy atom. The molecule has 2 aromatic carbocycles. The molecule has 0 amide bonds. The van der Waals surface area contributed by atoms with E-state index >= 15 is 0 Å². The Balaban J connectivity index is 2.37. The monoisotopic (exact) mass is 290 g/mol. The smallest absolute Gasteiger partial charge is 0.240 e. The fourth-order valence-electron chi connectivity index (χ4n) is 2.38. The number of aliphatic imine (C=N–C) groups is 2. The van der Waals surface area contributed by atoms with Gasteiger partial charge in [-0.1, -0.05) is 24.3 Å². The number of carbonyl (C=O) groups excluding carboxylic acids is 4. The number of rotatable bonds is 2. The van der Waals surface area contributed by atoms with Gasteiger partial charge in [-0.05, 0) is 22.9 Å². The summed E-state index contributed by atoms with van der Waals surface area (Å²) in [7, 11) is 0. The summed E-state index contributed by atoms with van der Waals surface area (Å²) < 4.78 is 0. The van der Waals surface area contributed by atoms with Crippen LogP contribution < -0.4 is 0 Å². The standard InChI is InChI=1S/C16H6N2O4/c19-7-17-13-14(18-8-20)16(22)12-6-10-4-2-1-3-9(10)5-11(12)15(13)21/h1-6H. The van der Waals surface area contributed by atoms with Crippen LogP contribution in [0.25, 0.3) is 10.8 Å². The van der Waals surface area contributed by atoms with E-state index in [2.05, 4.69) is 9.98 Å². The molecule has 3 rings (SSSR count). The van der Waals surface area contributed by atoms with E-state index in [1.54, 1.807) is 36.4 Å². The number of Topliss-reactive ketones (excluding diaryl/α,β-unsaturated/α-hetero) is 2. The topological polar surface area (TPSA) is 93.0 Å². The average molecular weight is 290 g/mol. The predicted octanol–water partition coefficient (Wildman–Crippen LogP) is 2.10. The Kier molecular flexibility index (Phi) is 3.16. The fourth-order valence-corrected chi connectivity index (χ4v) is 2.38. The van der Waals surface area contributed by atoms with Crippen LogP contribution in [0.1, 0.15) is 20.7 Å². The predicted molar refractivity (Wildman–Crippen MR) is 75.9 cm³/mol. The van der Waals surface area contributed by atoms with Crippen LogP contribution >= 0.6 is 0 Å². The highest BCUT2D eigenvalue weighted by Crippen LogP contribution is 2.30. The van der Waals surface area contributed by atoms with E-state index in [0.29, 0.717) is 0 Å². The van der Waals surface area contributed by atoms with Crippen LogP contribution in [-0.2, 0) is 9.59 Å². The molecule has 0 saturated heterocycles. The van der Waals surface area contributed by atoms with Crippen molar-refractivity contribution in [3.63, 3.8) is 0 Å². The van der Waals surface area contributed by atoms with Crippen LogP contribution in [0.4, 0.5) is 0 Å². The van der Waals surface area contributed by atoms with Crippen LogP contribution in [0.15, 0.2) is 57.8 Å². The van der Waals surface area contributed by atoms with Gasteiger partial charge in [-0.2, -0.15) is 9.98 Å². The summed E-state index contributed by atoms with van der Waals surface area (Å²) in [6, 6.07) is 10.3. The second-order valence-corrected chi connectivity index (χ2v) is 4.51. The summed E-state index contributed by atoms with van der Waals surface area (Å²) in [4.78, 5) is 52.2. The van der Waals surface area contributed by atoms with Crippen molar-refractivity contribution >= 4 is 34.5 Å². The summed E-state index contributed by atoms with van der Waals surface area (Å²) in [5.74, 6) is -1.31. The van der Waals surface area contributed by atoms with Crippen LogP contribution in [0, 0.1) is 0 Å². The first-order valence-corrected chi connectivity index (χ1v) is 6.19. The molecular formula is C16H6N2O4. The van der Waals surface area contributed by atoms with Gasteiger partial charge in [0.05, 0.1) is 0 Å². The highest BCUT2D eigenvalue weighted by Gasteiger charge is 2.33. The van der Waals surface area contributed by atoms with E-state index in [-0.39, 0.29) is 11.1 Å². The Morgan fingerprint density at radius 1 is 0.727 bits per heavy atom. The highest BCUT2D eigenvalue weighted by molar-refractivity contribution is 6.28. The Labute approximate surface area is 123 Å². The number of fused-ring (bicyclic) bond motifs is 2. The van der Waals surface area contributed by atoms with Crippen molar-refractivity contribution in [3.8, 4) is 0 Å². The van der Waals surface area contributed by atoms with Crippen LogP contribution in [0.3, 0.4) is 0 Å². The molecule has 0 spiro atoms. The largest absolute Gasteiger partial charge is 0.287 e. The minimum atomic E-state index is -0.655. The molecule has 0 bridgehead atoms. The van der Waals surface area contributed by atoms with Gasteiger partial charge >= 0.3 is 0 Å². The number of carbonyl (C=O) groups is 2. The number of isocyanates is 2. The Hall–Kier alpha value is -3.46. The summed E-state index contributed by atoms with van der Waals surface area (Å²) in [6.07, 6.45) is 2.40. The van der Waals surface area contributed by atoms with Gasteiger partial charge in [-0.25, -0.2) is 9.59 Å². The molecule has 6 heteroatoms. The molecule has 2 aromatic rings. The van der Waals surface area contributed by atoms with Gasteiger partial charge < -0.3 is 0 Å². The lowest BCUT2D eigenvalue weighted by Gasteiger charge is -2.15. The molecule has 0 atom stereocenters. The van der Waals surface area contributed by atoms with Crippen molar-refractivity contribution in [1.29, 1.82) is 0 Å². The quantitative estimate of drug-likeness (QED) is 0.625. The van der Waals surface area contributed by atoms with Crippen molar-refractivity contribution in [2.24, 2.45) is 9.98 Å². The van der Waals surface area contributed by atoms with E-state index in [1.807, 2.05) is 0 Å². The van der Waals surface area contributed by atoms with E-state index in [4.69, 9.17) is 0 Å². The molecule has 6 nitrogen and oxygen atoms in total. The molecular weight excluding hydrogens is 284 g/mol. The van der Waals surface area contributed by atoms with Crippen molar-refractivity contribution < 1.29 is 19.2 Å². The van der Waals surface area contributed by atoms with Crippen LogP contribution in [-0.4, -0.2) is 23.7 Å². The number of allylic oxidation sites excluding steroid dienone is 2. The van der Waals surface area contributed by atoms with E-state index < -0.39 is 23.0 Å². The molecule has 1 aliphatic rings. The van der Waals surface area contributed by atoms with Gasteiger partial charge in [0.1, 0.15) is 0 Å². The number of hydrogen-bond acceptors (Lipinski definition) is 6. The molecule has 0 unspecified atom stereocenters. The molecule has 0 aromatic heterocycles. The van der Waals surface area contributed by atoms with Gasteiger partial charge in [-0.15, -0.1) is 0 Å². The van der Waals surface area contributed by atoms with Crippen molar-refractivity contribution in [2.75, 3.05) is 0 Å². The first kappa shape index (κ1) is 13.5. The molecule has 0 saturated carbocycles. The van der Waals surface area contributed by atoms with Gasteiger partial charge in [0.2, 0.25) is 23.7 Å². The summed E-state index contributed by atoms with van der Waals surface area (Å²) in [6.45, 7) is 0. The van der Waals surface area contributed by atoms with E-state index in [0.717, 1.165) is 10.8 Å². The molecule has 0 fully saturated rings. The number of benzene rings is 2. The molecule has 0 N–H and O–H groups in total. The zero-order valence-corrected chi connectivity index (χ0v) is 11.0.